The van der Waals surface area contributed by atoms with E-state index in [4.69, 9.17) is 23.2 Å². The Morgan fingerprint density at radius 2 is 1.70 bits per heavy atom. The first kappa shape index (κ1) is 15.1. The molecule has 0 bridgehead atoms. The van der Waals surface area contributed by atoms with Gasteiger partial charge < -0.3 is 0 Å². The summed E-state index contributed by atoms with van der Waals surface area (Å²) in [5.74, 6) is 0.118. The quantitative estimate of drug-likeness (QED) is 0.769. The van der Waals surface area contributed by atoms with Gasteiger partial charge in [-0.15, -0.1) is 0 Å². The highest BCUT2D eigenvalue weighted by atomic mass is 35.5. The van der Waals surface area contributed by atoms with Crippen molar-refractivity contribution < 1.29 is 4.79 Å². The highest BCUT2D eigenvalue weighted by Crippen LogP contribution is 2.28. The predicted molar refractivity (Wildman–Crippen MR) is 84.6 cm³/mol. The lowest BCUT2D eigenvalue weighted by atomic mass is 9.78. The van der Waals surface area contributed by atoms with Crippen LogP contribution in [0.3, 0.4) is 0 Å². The third-order valence-electron chi connectivity index (χ3n) is 3.55. The van der Waals surface area contributed by atoms with Crippen molar-refractivity contribution in [3.63, 3.8) is 0 Å². The normalized spacial score (nSPS) is 11.4. The molecule has 0 spiro atoms. The van der Waals surface area contributed by atoms with Gasteiger partial charge in [0.1, 0.15) is 5.78 Å². The van der Waals surface area contributed by atoms with Gasteiger partial charge in [0.25, 0.3) is 0 Å². The van der Waals surface area contributed by atoms with Crippen molar-refractivity contribution in [3.05, 3.63) is 69.7 Å². The van der Waals surface area contributed by atoms with E-state index >= 15 is 0 Å². The minimum atomic E-state index is -0.549. The van der Waals surface area contributed by atoms with Gasteiger partial charge in [-0.05, 0) is 43.2 Å². The number of carbonyl (C=O) groups is 1. The molecule has 0 heterocycles. The maximum atomic E-state index is 12.6. The Kier molecular flexibility index (Phi) is 4.52. The first-order chi connectivity index (χ1) is 9.41. The van der Waals surface area contributed by atoms with Crippen LogP contribution in [0.2, 0.25) is 10.0 Å². The molecule has 2 aromatic rings. The molecule has 0 aromatic heterocycles. The van der Waals surface area contributed by atoms with Crippen LogP contribution in [0.15, 0.2) is 48.5 Å². The minimum absolute atomic E-state index is 0.118. The molecular formula is C17H16Cl2O. The van der Waals surface area contributed by atoms with E-state index in [1.807, 2.05) is 44.2 Å². The fraction of sp³-hybridized carbons (Fsp3) is 0.235. The molecule has 0 saturated heterocycles. The molecule has 2 aromatic carbocycles. The molecule has 0 N–H and O–H groups in total. The molecule has 0 aliphatic heterocycles. The SMILES string of the molecule is CC(C)(C(=O)Cc1cc(Cl)ccc1Cl)c1ccccc1. The van der Waals surface area contributed by atoms with Gasteiger partial charge in [0.2, 0.25) is 0 Å². The van der Waals surface area contributed by atoms with Crippen molar-refractivity contribution >= 4 is 29.0 Å². The Balaban J connectivity index is 2.26. The fourth-order valence-electron chi connectivity index (χ4n) is 2.09. The zero-order valence-electron chi connectivity index (χ0n) is 11.5. The van der Waals surface area contributed by atoms with Crippen LogP contribution in [0.4, 0.5) is 0 Å². The Bertz CT molecular complexity index is 618. The zero-order valence-corrected chi connectivity index (χ0v) is 13.0. The molecule has 0 atom stereocenters. The molecule has 2 rings (SSSR count). The fourth-order valence-corrected chi connectivity index (χ4v) is 2.47. The molecule has 0 unspecified atom stereocenters. The van der Waals surface area contributed by atoms with Gasteiger partial charge in [-0.2, -0.15) is 0 Å². The molecule has 3 heteroatoms. The Morgan fingerprint density at radius 1 is 1.05 bits per heavy atom. The monoisotopic (exact) mass is 306 g/mol. The molecule has 104 valence electrons. The lowest BCUT2D eigenvalue weighted by molar-refractivity contribution is -0.122. The number of hydrogen-bond acceptors (Lipinski definition) is 1. The first-order valence-electron chi connectivity index (χ1n) is 6.44. The summed E-state index contributed by atoms with van der Waals surface area (Å²) >= 11 is 12.1. The van der Waals surface area contributed by atoms with Crippen LogP contribution in [0, 0.1) is 0 Å². The third kappa shape index (κ3) is 3.23. The molecule has 0 radical (unpaired) electrons. The number of hydrogen-bond donors (Lipinski definition) is 0. The molecule has 0 aliphatic carbocycles. The van der Waals surface area contributed by atoms with Crippen LogP contribution in [-0.2, 0) is 16.6 Å². The summed E-state index contributed by atoms with van der Waals surface area (Å²) in [4.78, 5) is 12.6. The smallest absolute Gasteiger partial charge is 0.147 e. The average molecular weight is 307 g/mol. The second-order valence-corrected chi connectivity index (χ2v) is 6.17. The summed E-state index contributed by atoms with van der Waals surface area (Å²) in [5, 5.41) is 1.17. The van der Waals surface area contributed by atoms with E-state index in [1.165, 1.54) is 0 Å². The number of halogens is 2. The maximum Gasteiger partial charge on any atom is 0.147 e. The van der Waals surface area contributed by atoms with Crippen LogP contribution >= 0.6 is 23.2 Å². The summed E-state index contributed by atoms with van der Waals surface area (Å²) in [6, 6.07) is 15.0. The van der Waals surface area contributed by atoms with Crippen LogP contribution in [-0.4, -0.2) is 5.78 Å². The summed E-state index contributed by atoms with van der Waals surface area (Å²) in [7, 11) is 0. The van der Waals surface area contributed by atoms with E-state index in [2.05, 4.69) is 0 Å². The Morgan fingerprint density at radius 3 is 2.35 bits per heavy atom. The predicted octanol–water partition coefficient (Wildman–Crippen LogP) is 5.08. The molecule has 0 aliphatic rings. The van der Waals surface area contributed by atoms with E-state index in [-0.39, 0.29) is 12.2 Å². The van der Waals surface area contributed by atoms with Crippen molar-refractivity contribution in [3.8, 4) is 0 Å². The van der Waals surface area contributed by atoms with Crippen molar-refractivity contribution in [1.29, 1.82) is 0 Å². The van der Waals surface area contributed by atoms with Crippen molar-refractivity contribution in [2.45, 2.75) is 25.7 Å². The molecular weight excluding hydrogens is 291 g/mol. The van der Waals surface area contributed by atoms with Gasteiger partial charge in [0.15, 0.2) is 0 Å². The van der Waals surface area contributed by atoms with Crippen LogP contribution in [0.1, 0.15) is 25.0 Å². The number of Topliss-reactive ketones (excluding diaryl/α,β-unsaturated/α-hetero) is 1. The average Bonchev–Trinajstić information content (AvgIpc) is 2.43. The van der Waals surface area contributed by atoms with Crippen molar-refractivity contribution in [2.75, 3.05) is 0 Å². The number of benzene rings is 2. The van der Waals surface area contributed by atoms with Crippen LogP contribution < -0.4 is 0 Å². The second kappa shape index (κ2) is 5.99. The first-order valence-corrected chi connectivity index (χ1v) is 7.19. The van der Waals surface area contributed by atoms with Gasteiger partial charge in [0, 0.05) is 21.9 Å². The highest BCUT2D eigenvalue weighted by molar-refractivity contribution is 6.33. The molecule has 0 saturated carbocycles. The van der Waals surface area contributed by atoms with Gasteiger partial charge in [-0.1, -0.05) is 53.5 Å². The lowest BCUT2D eigenvalue weighted by Gasteiger charge is -2.24. The standard InChI is InChI=1S/C17H16Cl2O/c1-17(2,13-6-4-3-5-7-13)16(20)11-12-10-14(18)8-9-15(12)19/h3-10H,11H2,1-2H3. The summed E-state index contributed by atoms with van der Waals surface area (Å²) in [6.45, 7) is 3.87. The van der Waals surface area contributed by atoms with Gasteiger partial charge in [-0.3, -0.25) is 4.79 Å². The second-order valence-electron chi connectivity index (χ2n) is 5.33. The van der Waals surface area contributed by atoms with Crippen LogP contribution in [0.5, 0.6) is 0 Å². The summed E-state index contributed by atoms with van der Waals surface area (Å²) in [5.41, 5.74) is 1.23. The number of carbonyl (C=O) groups excluding carboxylic acids is 1. The van der Waals surface area contributed by atoms with Crippen LogP contribution in [0.25, 0.3) is 0 Å². The zero-order chi connectivity index (χ0) is 14.8. The largest absolute Gasteiger partial charge is 0.298 e. The van der Waals surface area contributed by atoms with E-state index in [9.17, 15) is 4.79 Å². The summed E-state index contributed by atoms with van der Waals surface area (Å²) < 4.78 is 0. The number of ketones is 1. The third-order valence-corrected chi connectivity index (χ3v) is 4.16. The van der Waals surface area contributed by atoms with E-state index < -0.39 is 5.41 Å². The van der Waals surface area contributed by atoms with E-state index in [0.29, 0.717) is 10.0 Å². The Hall–Kier alpha value is -1.31. The molecule has 0 amide bonds. The minimum Gasteiger partial charge on any atom is -0.298 e. The van der Waals surface area contributed by atoms with Gasteiger partial charge in [0.05, 0.1) is 0 Å². The molecule has 20 heavy (non-hydrogen) atoms. The molecule has 0 fully saturated rings. The van der Waals surface area contributed by atoms with E-state index in [1.54, 1.807) is 18.2 Å². The van der Waals surface area contributed by atoms with E-state index in [0.717, 1.165) is 11.1 Å². The molecule has 1 nitrogen and oxygen atoms in total. The summed E-state index contributed by atoms with van der Waals surface area (Å²) in [6.07, 6.45) is 0.279. The van der Waals surface area contributed by atoms with Crippen molar-refractivity contribution in [1.82, 2.24) is 0 Å². The van der Waals surface area contributed by atoms with Gasteiger partial charge in [-0.25, -0.2) is 0 Å². The Labute approximate surface area is 129 Å². The maximum absolute atomic E-state index is 12.6. The lowest BCUT2D eigenvalue weighted by Crippen LogP contribution is -2.30. The highest BCUT2D eigenvalue weighted by Gasteiger charge is 2.29. The topological polar surface area (TPSA) is 17.1 Å². The number of rotatable bonds is 4. The van der Waals surface area contributed by atoms with Crippen molar-refractivity contribution in [2.24, 2.45) is 0 Å². The van der Waals surface area contributed by atoms with Gasteiger partial charge >= 0.3 is 0 Å².